The minimum Gasteiger partial charge on any atom is -0.459 e. The minimum absolute atomic E-state index is 0.0546. The Bertz CT molecular complexity index is 425. The van der Waals surface area contributed by atoms with Crippen molar-refractivity contribution in [1.29, 1.82) is 0 Å². The fraction of sp³-hybridized carbons (Fsp3) is 0.778. The van der Waals surface area contributed by atoms with Gasteiger partial charge in [-0.3, -0.25) is 19.2 Å². The van der Waals surface area contributed by atoms with Crippen LogP contribution in [0.3, 0.4) is 0 Å². The highest BCUT2D eigenvalue weighted by molar-refractivity contribution is 5.74. The molecule has 0 N–H and O–H groups in total. The Balaban J connectivity index is 2.69. The number of hydrogen-bond acceptors (Lipinski definition) is 8. The van der Waals surface area contributed by atoms with Crippen molar-refractivity contribution in [3.63, 3.8) is 0 Å². The van der Waals surface area contributed by atoms with Gasteiger partial charge in [0.1, 0.15) is 24.4 Å². The molecule has 0 aromatic rings. The predicted octanol–water partition coefficient (Wildman–Crippen LogP) is 2.07. The molecule has 4 unspecified atom stereocenters. The SMILES string of the molecule is CC1OC(=O)CCCC(=O)OC(C)C(C)OC(=O)CCCC(=O)OC1C. The molecule has 8 heteroatoms. The van der Waals surface area contributed by atoms with Crippen molar-refractivity contribution in [2.45, 2.75) is 90.6 Å². The third kappa shape index (κ3) is 8.31. The second-order valence-corrected chi connectivity index (χ2v) is 6.49. The smallest absolute Gasteiger partial charge is 0.306 e. The van der Waals surface area contributed by atoms with Crippen molar-refractivity contribution in [3.05, 3.63) is 0 Å². The van der Waals surface area contributed by atoms with Gasteiger partial charge in [0.2, 0.25) is 0 Å². The number of hydrogen-bond donors (Lipinski definition) is 0. The summed E-state index contributed by atoms with van der Waals surface area (Å²) < 4.78 is 20.8. The van der Waals surface area contributed by atoms with Crippen LogP contribution in [0.1, 0.15) is 66.2 Å². The molecule has 1 heterocycles. The maximum Gasteiger partial charge on any atom is 0.306 e. The first-order valence-corrected chi connectivity index (χ1v) is 8.97. The zero-order valence-corrected chi connectivity index (χ0v) is 15.8. The standard InChI is InChI=1S/C18H28O8/c1-11-12(2)24-16(20)8-6-10-18(22)26-14(4)13(3)25-17(21)9-5-7-15(19)23-11/h11-14H,5-10H2,1-4H3. The minimum atomic E-state index is -0.608. The Morgan fingerprint density at radius 1 is 0.500 bits per heavy atom. The molecule has 0 saturated carbocycles. The summed E-state index contributed by atoms with van der Waals surface area (Å²) >= 11 is 0. The van der Waals surface area contributed by atoms with Gasteiger partial charge < -0.3 is 18.9 Å². The van der Waals surface area contributed by atoms with E-state index in [0.717, 1.165) is 0 Å². The van der Waals surface area contributed by atoms with Crippen LogP contribution in [0.4, 0.5) is 0 Å². The second kappa shape index (κ2) is 10.8. The van der Waals surface area contributed by atoms with Crippen LogP contribution in [-0.4, -0.2) is 48.3 Å². The van der Waals surface area contributed by atoms with Crippen molar-refractivity contribution in [1.82, 2.24) is 0 Å². The van der Waals surface area contributed by atoms with E-state index in [9.17, 15) is 19.2 Å². The maximum absolute atomic E-state index is 11.8. The van der Waals surface area contributed by atoms with Gasteiger partial charge in [-0.1, -0.05) is 0 Å². The zero-order valence-electron chi connectivity index (χ0n) is 15.8. The molecule has 0 aromatic heterocycles. The van der Waals surface area contributed by atoms with Crippen LogP contribution in [0.2, 0.25) is 0 Å². The van der Waals surface area contributed by atoms with Crippen molar-refractivity contribution < 1.29 is 38.1 Å². The Hall–Kier alpha value is -2.12. The molecule has 0 aliphatic carbocycles. The molecule has 26 heavy (non-hydrogen) atoms. The fourth-order valence-corrected chi connectivity index (χ4v) is 2.20. The van der Waals surface area contributed by atoms with Crippen LogP contribution < -0.4 is 0 Å². The highest BCUT2D eigenvalue weighted by atomic mass is 16.6. The molecule has 8 nitrogen and oxygen atoms in total. The van der Waals surface area contributed by atoms with Crippen LogP contribution in [0.5, 0.6) is 0 Å². The summed E-state index contributed by atoms with van der Waals surface area (Å²) in [6, 6.07) is 0. The second-order valence-electron chi connectivity index (χ2n) is 6.49. The van der Waals surface area contributed by atoms with Crippen LogP contribution in [0.15, 0.2) is 0 Å². The molecule has 0 spiro atoms. The Morgan fingerprint density at radius 3 is 0.885 bits per heavy atom. The largest absolute Gasteiger partial charge is 0.459 e. The van der Waals surface area contributed by atoms with E-state index in [1.807, 2.05) is 0 Å². The lowest BCUT2D eigenvalue weighted by Crippen LogP contribution is -2.32. The molecule has 1 saturated heterocycles. The number of esters is 4. The van der Waals surface area contributed by atoms with E-state index < -0.39 is 48.3 Å². The van der Waals surface area contributed by atoms with Crippen LogP contribution in [-0.2, 0) is 38.1 Å². The Morgan fingerprint density at radius 2 is 0.692 bits per heavy atom. The highest BCUT2D eigenvalue weighted by Crippen LogP contribution is 2.12. The Kier molecular flexibility index (Phi) is 9.09. The lowest BCUT2D eigenvalue weighted by Gasteiger charge is -2.22. The lowest BCUT2D eigenvalue weighted by molar-refractivity contribution is -0.168. The first kappa shape index (κ1) is 21.9. The van der Waals surface area contributed by atoms with Crippen LogP contribution in [0, 0.1) is 0 Å². The van der Waals surface area contributed by atoms with Gasteiger partial charge in [-0.15, -0.1) is 0 Å². The van der Waals surface area contributed by atoms with Crippen molar-refractivity contribution in [3.8, 4) is 0 Å². The van der Waals surface area contributed by atoms with Gasteiger partial charge in [0.15, 0.2) is 0 Å². The molecular formula is C18H28O8. The third-order valence-electron chi connectivity index (χ3n) is 4.12. The van der Waals surface area contributed by atoms with E-state index in [1.165, 1.54) is 0 Å². The molecule has 0 aromatic carbocycles. The molecule has 148 valence electrons. The summed E-state index contributed by atoms with van der Waals surface area (Å²) in [7, 11) is 0. The third-order valence-corrected chi connectivity index (χ3v) is 4.12. The van der Waals surface area contributed by atoms with Gasteiger partial charge >= 0.3 is 23.9 Å². The summed E-state index contributed by atoms with van der Waals surface area (Å²) in [5.74, 6) is -1.87. The number of carbonyl (C=O) groups excluding carboxylic acids is 4. The number of carbonyl (C=O) groups is 4. The van der Waals surface area contributed by atoms with E-state index in [2.05, 4.69) is 0 Å². The van der Waals surface area contributed by atoms with Gasteiger partial charge in [0.25, 0.3) is 0 Å². The molecule has 1 aliphatic heterocycles. The number of rotatable bonds is 0. The number of cyclic esters (lactones) is 4. The van der Waals surface area contributed by atoms with E-state index >= 15 is 0 Å². The Labute approximate surface area is 153 Å². The van der Waals surface area contributed by atoms with Crippen LogP contribution in [0.25, 0.3) is 0 Å². The van der Waals surface area contributed by atoms with E-state index in [0.29, 0.717) is 0 Å². The first-order valence-electron chi connectivity index (χ1n) is 8.97. The average molecular weight is 372 g/mol. The summed E-state index contributed by atoms with van der Waals surface area (Å²) in [5, 5.41) is 0. The van der Waals surface area contributed by atoms with Crippen molar-refractivity contribution >= 4 is 23.9 Å². The fourth-order valence-electron chi connectivity index (χ4n) is 2.20. The van der Waals surface area contributed by atoms with E-state index in [4.69, 9.17) is 18.9 Å². The molecule has 0 bridgehead atoms. The quantitative estimate of drug-likeness (QED) is 0.470. The predicted molar refractivity (Wildman–Crippen MR) is 89.9 cm³/mol. The molecule has 4 atom stereocenters. The average Bonchev–Trinajstić information content (AvgIpc) is 2.53. The van der Waals surface area contributed by atoms with Crippen molar-refractivity contribution in [2.75, 3.05) is 0 Å². The first-order chi connectivity index (χ1) is 12.2. The molecule has 1 fully saturated rings. The van der Waals surface area contributed by atoms with Gasteiger partial charge in [0.05, 0.1) is 0 Å². The molecule has 1 aliphatic rings. The molecule has 0 radical (unpaired) electrons. The lowest BCUT2D eigenvalue weighted by atomic mass is 10.2. The van der Waals surface area contributed by atoms with Gasteiger partial charge in [0, 0.05) is 25.7 Å². The topological polar surface area (TPSA) is 105 Å². The monoisotopic (exact) mass is 372 g/mol. The summed E-state index contributed by atoms with van der Waals surface area (Å²) in [5.41, 5.74) is 0. The summed E-state index contributed by atoms with van der Waals surface area (Å²) in [6.07, 6.45) is -1.66. The maximum atomic E-state index is 11.8. The van der Waals surface area contributed by atoms with Gasteiger partial charge in [-0.05, 0) is 40.5 Å². The van der Waals surface area contributed by atoms with Gasteiger partial charge in [-0.2, -0.15) is 0 Å². The number of ether oxygens (including phenoxy) is 4. The highest BCUT2D eigenvalue weighted by Gasteiger charge is 2.23. The van der Waals surface area contributed by atoms with E-state index in [-0.39, 0.29) is 38.5 Å². The molecule has 1 rings (SSSR count). The van der Waals surface area contributed by atoms with Crippen molar-refractivity contribution in [2.24, 2.45) is 0 Å². The van der Waals surface area contributed by atoms with E-state index in [1.54, 1.807) is 27.7 Å². The van der Waals surface area contributed by atoms with Gasteiger partial charge in [-0.25, -0.2) is 0 Å². The summed E-state index contributed by atoms with van der Waals surface area (Å²) in [4.78, 5) is 47.2. The summed E-state index contributed by atoms with van der Waals surface area (Å²) in [6.45, 7) is 6.51. The van der Waals surface area contributed by atoms with Crippen LogP contribution >= 0.6 is 0 Å². The molecule has 0 amide bonds. The normalized spacial score (nSPS) is 30.9. The zero-order chi connectivity index (χ0) is 19.7. The molecular weight excluding hydrogens is 344 g/mol.